The quantitative estimate of drug-likeness (QED) is 0.464. The Kier molecular flexibility index (Phi) is 5.52. The maximum Gasteiger partial charge on any atom is 0.242 e. The number of amides is 1. The third kappa shape index (κ3) is 3.79. The Labute approximate surface area is 120 Å². The first-order valence-electron chi connectivity index (χ1n) is 7.24. The molecule has 1 amide bonds. The van der Waals surface area contributed by atoms with Gasteiger partial charge in [0.2, 0.25) is 5.91 Å². The summed E-state index contributed by atoms with van der Waals surface area (Å²) >= 11 is 0. The second kappa shape index (κ2) is 7.38. The molecule has 0 radical (unpaired) electrons. The molecule has 1 unspecified atom stereocenters. The van der Waals surface area contributed by atoms with E-state index in [4.69, 9.17) is 5.84 Å². The van der Waals surface area contributed by atoms with Crippen LogP contribution in [0.4, 0.5) is 0 Å². The highest BCUT2D eigenvalue weighted by molar-refractivity contribution is 5.83. The fourth-order valence-electron chi connectivity index (χ4n) is 2.67. The van der Waals surface area contributed by atoms with Crippen molar-refractivity contribution in [3.05, 3.63) is 35.9 Å². The van der Waals surface area contributed by atoms with Crippen LogP contribution < -0.4 is 11.3 Å². The van der Waals surface area contributed by atoms with Crippen molar-refractivity contribution in [2.24, 2.45) is 5.84 Å². The molecule has 1 saturated heterocycles. The normalized spacial score (nSPS) is 18.7. The van der Waals surface area contributed by atoms with Crippen LogP contribution in [0.15, 0.2) is 30.3 Å². The number of nitrogens with one attached hydrogen (secondary N) is 1. The Morgan fingerprint density at radius 1 is 1.20 bits per heavy atom. The number of nitrogens with two attached hydrogens (primary N) is 1. The van der Waals surface area contributed by atoms with Crippen LogP contribution in [0, 0.1) is 0 Å². The zero-order chi connectivity index (χ0) is 14.4. The Morgan fingerprint density at radius 3 is 2.35 bits per heavy atom. The van der Waals surface area contributed by atoms with Gasteiger partial charge in [0.05, 0.1) is 5.92 Å². The number of nitrogens with zero attached hydrogens (tertiary/aromatic N) is 2. The van der Waals surface area contributed by atoms with Gasteiger partial charge in [-0.25, -0.2) is 5.84 Å². The molecule has 20 heavy (non-hydrogen) atoms. The van der Waals surface area contributed by atoms with Crippen LogP contribution in [0.2, 0.25) is 0 Å². The number of hydrazine groups is 1. The minimum Gasteiger partial charge on any atom is -0.301 e. The van der Waals surface area contributed by atoms with Crippen molar-refractivity contribution in [3.63, 3.8) is 0 Å². The second-order valence-corrected chi connectivity index (χ2v) is 5.21. The lowest BCUT2D eigenvalue weighted by molar-refractivity contribution is -0.123. The number of carbonyl (C=O) groups excluding carboxylic acids is 1. The van der Waals surface area contributed by atoms with Gasteiger partial charge in [0.15, 0.2) is 0 Å². The van der Waals surface area contributed by atoms with Gasteiger partial charge in [0.25, 0.3) is 0 Å². The van der Waals surface area contributed by atoms with E-state index in [1.165, 1.54) is 0 Å². The van der Waals surface area contributed by atoms with E-state index in [1.807, 2.05) is 30.3 Å². The standard InChI is InChI=1S/C15H24N4O/c1-2-18-8-10-19(11-9-18)12-14(15(20)17-16)13-6-4-3-5-7-13/h3-7,14H,2,8-12,16H2,1H3,(H,17,20). The fourth-order valence-corrected chi connectivity index (χ4v) is 2.67. The Bertz CT molecular complexity index is 415. The summed E-state index contributed by atoms with van der Waals surface area (Å²) in [7, 11) is 0. The molecule has 0 spiro atoms. The van der Waals surface area contributed by atoms with Gasteiger partial charge >= 0.3 is 0 Å². The van der Waals surface area contributed by atoms with Gasteiger partial charge in [-0.15, -0.1) is 0 Å². The van der Waals surface area contributed by atoms with E-state index in [0.717, 1.165) is 44.8 Å². The van der Waals surface area contributed by atoms with Crippen LogP contribution in [0.3, 0.4) is 0 Å². The Balaban J connectivity index is 2.00. The van der Waals surface area contributed by atoms with Crippen LogP contribution in [0.5, 0.6) is 0 Å². The van der Waals surface area contributed by atoms with Gasteiger partial charge in [-0.05, 0) is 12.1 Å². The van der Waals surface area contributed by atoms with E-state index in [2.05, 4.69) is 22.1 Å². The SMILES string of the molecule is CCN1CCN(CC(C(=O)NN)c2ccccc2)CC1. The monoisotopic (exact) mass is 276 g/mol. The summed E-state index contributed by atoms with van der Waals surface area (Å²) < 4.78 is 0. The van der Waals surface area contributed by atoms with E-state index >= 15 is 0 Å². The summed E-state index contributed by atoms with van der Waals surface area (Å²) in [6, 6.07) is 9.85. The van der Waals surface area contributed by atoms with E-state index < -0.39 is 0 Å². The van der Waals surface area contributed by atoms with Gasteiger partial charge in [-0.3, -0.25) is 15.1 Å². The molecule has 1 aliphatic heterocycles. The van der Waals surface area contributed by atoms with Gasteiger partial charge in [0, 0.05) is 32.7 Å². The predicted octanol–water partition coefficient (Wildman–Crippen LogP) is 0.398. The number of hydrogen-bond donors (Lipinski definition) is 2. The van der Waals surface area contributed by atoms with Crippen molar-refractivity contribution in [2.45, 2.75) is 12.8 Å². The number of likely N-dealkylation sites (N-methyl/N-ethyl adjacent to an activating group) is 1. The topological polar surface area (TPSA) is 61.6 Å². The molecule has 5 nitrogen and oxygen atoms in total. The average molecular weight is 276 g/mol. The molecule has 0 aliphatic carbocycles. The lowest BCUT2D eigenvalue weighted by atomic mass is 9.97. The highest BCUT2D eigenvalue weighted by atomic mass is 16.2. The summed E-state index contributed by atoms with van der Waals surface area (Å²) in [6.45, 7) is 8.17. The lowest BCUT2D eigenvalue weighted by Gasteiger charge is -2.35. The zero-order valence-corrected chi connectivity index (χ0v) is 12.1. The molecule has 1 heterocycles. The van der Waals surface area contributed by atoms with Crippen LogP contribution >= 0.6 is 0 Å². The van der Waals surface area contributed by atoms with Crippen LogP contribution in [0.25, 0.3) is 0 Å². The summed E-state index contributed by atoms with van der Waals surface area (Å²) in [5, 5.41) is 0. The first-order valence-corrected chi connectivity index (χ1v) is 7.24. The molecule has 0 aromatic heterocycles. The van der Waals surface area contributed by atoms with Crippen molar-refractivity contribution in [1.29, 1.82) is 0 Å². The van der Waals surface area contributed by atoms with E-state index in [1.54, 1.807) is 0 Å². The highest BCUT2D eigenvalue weighted by Gasteiger charge is 2.24. The average Bonchev–Trinajstić information content (AvgIpc) is 2.53. The second-order valence-electron chi connectivity index (χ2n) is 5.21. The molecule has 2 rings (SSSR count). The predicted molar refractivity (Wildman–Crippen MR) is 80.1 cm³/mol. The molecule has 1 aliphatic rings. The minimum absolute atomic E-state index is 0.117. The molecule has 5 heteroatoms. The number of piperazine rings is 1. The van der Waals surface area contributed by atoms with Crippen molar-refractivity contribution >= 4 is 5.91 Å². The van der Waals surface area contributed by atoms with Crippen molar-refractivity contribution < 1.29 is 4.79 Å². The third-order valence-corrected chi connectivity index (χ3v) is 4.01. The number of carbonyl (C=O) groups is 1. The lowest BCUT2D eigenvalue weighted by Crippen LogP contribution is -2.49. The van der Waals surface area contributed by atoms with E-state index in [0.29, 0.717) is 0 Å². The van der Waals surface area contributed by atoms with Crippen LogP contribution in [0.1, 0.15) is 18.4 Å². The molecule has 3 N–H and O–H groups in total. The maximum absolute atomic E-state index is 12.0. The largest absolute Gasteiger partial charge is 0.301 e. The molecular weight excluding hydrogens is 252 g/mol. The maximum atomic E-state index is 12.0. The fraction of sp³-hybridized carbons (Fsp3) is 0.533. The van der Waals surface area contributed by atoms with Gasteiger partial charge in [0.1, 0.15) is 0 Å². The third-order valence-electron chi connectivity index (χ3n) is 4.01. The van der Waals surface area contributed by atoms with Crippen molar-refractivity contribution in [3.8, 4) is 0 Å². The summed E-state index contributed by atoms with van der Waals surface area (Å²) in [5.74, 6) is 5.02. The molecule has 1 fully saturated rings. The zero-order valence-electron chi connectivity index (χ0n) is 12.1. The smallest absolute Gasteiger partial charge is 0.242 e. The van der Waals surface area contributed by atoms with Crippen molar-refractivity contribution in [1.82, 2.24) is 15.2 Å². The molecule has 1 atom stereocenters. The molecular formula is C15H24N4O. The first-order chi connectivity index (χ1) is 9.74. The number of rotatable bonds is 5. The Morgan fingerprint density at radius 2 is 1.80 bits per heavy atom. The molecule has 1 aromatic carbocycles. The summed E-state index contributed by atoms with van der Waals surface area (Å²) in [4.78, 5) is 16.8. The number of benzene rings is 1. The molecule has 0 saturated carbocycles. The van der Waals surface area contributed by atoms with Crippen molar-refractivity contribution in [2.75, 3.05) is 39.3 Å². The summed E-state index contributed by atoms with van der Waals surface area (Å²) in [5.41, 5.74) is 3.32. The van der Waals surface area contributed by atoms with Gasteiger partial charge < -0.3 is 4.90 Å². The van der Waals surface area contributed by atoms with E-state index in [-0.39, 0.29) is 11.8 Å². The number of hydrogen-bond acceptors (Lipinski definition) is 4. The molecule has 0 bridgehead atoms. The minimum atomic E-state index is -0.200. The molecule has 1 aromatic rings. The summed E-state index contributed by atoms with van der Waals surface area (Å²) in [6.07, 6.45) is 0. The Hall–Kier alpha value is -1.43. The van der Waals surface area contributed by atoms with Crippen LogP contribution in [-0.2, 0) is 4.79 Å². The van der Waals surface area contributed by atoms with Crippen LogP contribution in [-0.4, -0.2) is 55.0 Å². The van der Waals surface area contributed by atoms with Gasteiger partial charge in [-0.1, -0.05) is 37.3 Å². The first kappa shape index (κ1) is 15.0. The van der Waals surface area contributed by atoms with E-state index in [9.17, 15) is 4.79 Å². The molecule has 110 valence electrons. The highest BCUT2D eigenvalue weighted by Crippen LogP contribution is 2.18. The van der Waals surface area contributed by atoms with Gasteiger partial charge in [-0.2, -0.15) is 0 Å².